The van der Waals surface area contributed by atoms with Crippen molar-refractivity contribution in [3.8, 4) is 0 Å². The Morgan fingerprint density at radius 3 is 1.84 bits per heavy atom. The van der Waals surface area contributed by atoms with Crippen LogP contribution in [0.1, 0.15) is 16.7 Å². The molecule has 1 aliphatic heterocycles. The monoisotopic (exact) mass is 512 g/mol. The van der Waals surface area contributed by atoms with Crippen LogP contribution in [0.3, 0.4) is 0 Å². The molecule has 1 heterocycles. The van der Waals surface area contributed by atoms with Gasteiger partial charge in [0.25, 0.3) is 0 Å². The number of hydrogen-bond acceptors (Lipinski definition) is 3. The second-order valence-electron chi connectivity index (χ2n) is 9.15. The molecule has 4 aromatic carbocycles. The lowest BCUT2D eigenvalue weighted by molar-refractivity contribution is 0.0316. The summed E-state index contributed by atoms with van der Waals surface area (Å²) in [4.78, 5) is 16.8. The fourth-order valence-corrected chi connectivity index (χ4v) is 6.44. The average molecular weight is 513 g/mol. The highest BCUT2D eigenvalue weighted by Gasteiger charge is 2.47. The van der Waals surface area contributed by atoms with Crippen LogP contribution in [-0.4, -0.2) is 52.4 Å². The van der Waals surface area contributed by atoms with E-state index in [0.29, 0.717) is 25.4 Å². The first-order valence-corrected chi connectivity index (χ1v) is 13.4. The number of carboxylic acid groups (broad SMARTS) is 1. The number of carbonyl (C=O) groups is 1. The normalized spacial score (nSPS) is 16.5. The zero-order valence-electron chi connectivity index (χ0n) is 20.4. The summed E-state index contributed by atoms with van der Waals surface area (Å²) in [6.07, 6.45) is -0.912. The van der Waals surface area contributed by atoms with Gasteiger partial charge in [0, 0.05) is 36.3 Å². The number of amides is 1. The Morgan fingerprint density at radius 1 is 0.811 bits per heavy atom. The molecule has 6 heteroatoms. The second-order valence-corrected chi connectivity index (χ2v) is 10.2. The van der Waals surface area contributed by atoms with Crippen molar-refractivity contribution in [1.82, 2.24) is 9.80 Å². The van der Waals surface area contributed by atoms with E-state index in [1.165, 1.54) is 17.0 Å². The summed E-state index contributed by atoms with van der Waals surface area (Å²) in [5.74, 6) is 0.339. The smallest absolute Gasteiger partial charge is 0.407 e. The highest BCUT2D eigenvalue weighted by atomic mass is 32.2. The van der Waals surface area contributed by atoms with Crippen LogP contribution in [0.2, 0.25) is 0 Å². The minimum Gasteiger partial charge on any atom is -0.465 e. The molecule has 37 heavy (non-hydrogen) atoms. The first-order valence-electron chi connectivity index (χ1n) is 12.4. The van der Waals surface area contributed by atoms with E-state index in [9.17, 15) is 14.3 Å². The van der Waals surface area contributed by atoms with Crippen LogP contribution in [0.5, 0.6) is 0 Å². The lowest BCUT2D eigenvalue weighted by atomic mass is 9.74. The Bertz CT molecular complexity index is 1220. The lowest BCUT2D eigenvalue weighted by Crippen LogP contribution is -2.63. The van der Waals surface area contributed by atoms with Crippen LogP contribution in [0.4, 0.5) is 9.18 Å². The van der Waals surface area contributed by atoms with Gasteiger partial charge in [0.05, 0.1) is 5.54 Å². The fraction of sp³-hybridized carbons (Fsp3) is 0.194. The summed E-state index contributed by atoms with van der Waals surface area (Å²) < 4.78 is 13.9. The maximum absolute atomic E-state index is 13.9. The van der Waals surface area contributed by atoms with Crippen molar-refractivity contribution in [2.45, 2.75) is 16.5 Å². The highest BCUT2D eigenvalue weighted by Crippen LogP contribution is 2.45. The molecule has 188 valence electrons. The van der Waals surface area contributed by atoms with Gasteiger partial charge in [-0.15, -0.1) is 11.8 Å². The van der Waals surface area contributed by atoms with Gasteiger partial charge in [0.1, 0.15) is 5.82 Å². The molecule has 0 spiro atoms. The van der Waals surface area contributed by atoms with Crippen LogP contribution in [0.25, 0.3) is 0 Å². The molecule has 1 N–H and O–H groups in total. The van der Waals surface area contributed by atoms with E-state index < -0.39 is 11.6 Å². The van der Waals surface area contributed by atoms with E-state index in [0.717, 1.165) is 21.6 Å². The number of rotatable bonds is 7. The van der Waals surface area contributed by atoms with Gasteiger partial charge in [-0.3, -0.25) is 4.90 Å². The van der Waals surface area contributed by atoms with Gasteiger partial charge in [0.15, 0.2) is 0 Å². The zero-order chi connectivity index (χ0) is 25.7. The molecular weight excluding hydrogens is 483 g/mol. The third-order valence-electron chi connectivity index (χ3n) is 7.00. The summed E-state index contributed by atoms with van der Waals surface area (Å²) in [5.41, 5.74) is 2.73. The zero-order valence-corrected chi connectivity index (χ0v) is 21.2. The highest BCUT2D eigenvalue weighted by molar-refractivity contribution is 7.99. The first-order chi connectivity index (χ1) is 18.1. The Balaban J connectivity index is 1.66. The standard InChI is InChI=1S/C31H29FN2O2S/c32-27-17-10-18-29(21-27)37-23-28-22-33(30(35)36)19-20-34(28)31(24-11-4-1-5-12-24,25-13-6-2-7-14-25)26-15-8-3-9-16-26/h1-18,21,28H,19-20,22-23H2,(H,35,36)/t28-/m0/s1. The number of thioether (sulfide) groups is 1. The minimum atomic E-state index is -0.912. The Morgan fingerprint density at radius 2 is 1.35 bits per heavy atom. The van der Waals surface area contributed by atoms with Crippen LogP contribution >= 0.6 is 11.8 Å². The lowest BCUT2D eigenvalue weighted by Gasteiger charge is -2.52. The SMILES string of the molecule is O=C(O)N1CCN(C(c2ccccc2)(c2ccccc2)c2ccccc2)[C@H](CSc2cccc(F)c2)C1. The summed E-state index contributed by atoms with van der Waals surface area (Å²) in [6, 6.07) is 37.8. The van der Waals surface area contributed by atoms with Crippen LogP contribution in [0, 0.1) is 5.82 Å². The summed E-state index contributed by atoms with van der Waals surface area (Å²) in [6.45, 7) is 1.33. The van der Waals surface area contributed by atoms with Gasteiger partial charge in [0.2, 0.25) is 0 Å². The topological polar surface area (TPSA) is 43.8 Å². The molecule has 1 aliphatic rings. The fourth-order valence-electron chi connectivity index (χ4n) is 5.40. The van der Waals surface area contributed by atoms with E-state index in [4.69, 9.17) is 0 Å². The van der Waals surface area contributed by atoms with E-state index in [1.807, 2.05) is 24.3 Å². The van der Waals surface area contributed by atoms with Gasteiger partial charge in [-0.1, -0.05) is 97.1 Å². The van der Waals surface area contributed by atoms with Crippen molar-refractivity contribution in [2.24, 2.45) is 0 Å². The molecule has 5 rings (SSSR count). The maximum atomic E-state index is 13.9. The summed E-state index contributed by atoms with van der Waals surface area (Å²) in [7, 11) is 0. The van der Waals surface area contributed by atoms with Gasteiger partial charge in [-0.25, -0.2) is 9.18 Å². The van der Waals surface area contributed by atoms with Crippen molar-refractivity contribution < 1.29 is 14.3 Å². The summed E-state index contributed by atoms with van der Waals surface area (Å²) in [5, 5.41) is 9.87. The van der Waals surface area contributed by atoms with E-state index >= 15 is 0 Å². The number of hydrogen-bond donors (Lipinski definition) is 1. The number of nitrogens with zero attached hydrogens (tertiary/aromatic N) is 2. The van der Waals surface area contributed by atoms with E-state index in [2.05, 4.69) is 77.7 Å². The predicted octanol–water partition coefficient (Wildman–Crippen LogP) is 6.57. The van der Waals surface area contributed by atoms with Crippen molar-refractivity contribution in [1.29, 1.82) is 0 Å². The quantitative estimate of drug-likeness (QED) is 0.225. The molecule has 0 unspecified atom stereocenters. The third-order valence-corrected chi connectivity index (χ3v) is 8.14. The molecule has 0 aliphatic carbocycles. The third kappa shape index (κ3) is 5.13. The number of halogens is 1. The van der Waals surface area contributed by atoms with Crippen molar-refractivity contribution in [3.63, 3.8) is 0 Å². The maximum Gasteiger partial charge on any atom is 0.407 e. The average Bonchev–Trinajstić information content (AvgIpc) is 2.94. The van der Waals surface area contributed by atoms with E-state index in [1.54, 1.807) is 17.8 Å². The van der Waals surface area contributed by atoms with Crippen LogP contribution < -0.4 is 0 Å². The molecule has 1 fully saturated rings. The molecule has 0 saturated carbocycles. The van der Waals surface area contributed by atoms with Gasteiger partial charge < -0.3 is 10.0 Å². The van der Waals surface area contributed by atoms with Crippen molar-refractivity contribution in [2.75, 3.05) is 25.4 Å². The first kappa shape index (κ1) is 25.1. The summed E-state index contributed by atoms with van der Waals surface area (Å²) >= 11 is 1.56. The Labute approximate surface area is 221 Å². The molecule has 0 radical (unpaired) electrons. The number of benzene rings is 4. The molecule has 4 aromatic rings. The van der Waals surface area contributed by atoms with Crippen molar-refractivity contribution >= 4 is 17.9 Å². The molecule has 1 atom stereocenters. The van der Waals surface area contributed by atoms with Crippen LogP contribution in [0.15, 0.2) is 120 Å². The van der Waals surface area contributed by atoms with Gasteiger partial charge in [-0.05, 0) is 34.9 Å². The molecule has 1 saturated heterocycles. The minimum absolute atomic E-state index is 0.126. The second kappa shape index (κ2) is 11.2. The van der Waals surface area contributed by atoms with Gasteiger partial charge in [-0.2, -0.15) is 0 Å². The predicted molar refractivity (Wildman–Crippen MR) is 146 cm³/mol. The Hall–Kier alpha value is -3.61. The largest absolute Gasteiger partial charge is 0.465 e. The number of piperazine rings is 1. The molecule has 0 aromatic heterocycles. The van der Waals surface area contributed by atoms with Crippen LogP contribution in [-0.2, 0) is 5.54 Å². The van der Waals surface area contributed by atoms with E-state index in [-0.39, 0.29) is 11.9 Å². The van der Waals surface area contributed by atoms with Gasteiger partial charge >= 0.3 is 6.09 Å². The molecule has 4 nitrogen and oxygen atoms in total. The molecule has 1 amide bonds. The molecular formula is C31H29FN2O2S. The molecule has 0 bridgehead atoms. The Kier molecular flexibility index (Phi) is 7.58. The van der Waals surface area contributed by atoms with Crippen molar-refractivity contribution in [3.05, 3.63) is 138 Å².